The summed E-state index contributed by atoms with van der Waals surface area (Å²) < 4.78 is 63.4. The SMILES string of the molecule is NS(=O)(=O)c1ccc(-n2nc(C(F)(F)F)cc2-c2cc(Cl)c(Cl)cc2Cl)cc1. The molecular weight excluding hydrogens is 462 g/mol. The van der Waals surface area contributed by atoms with Gasteiger partial charge in [0, 0.05) is 5.56 Å². The van der Waals surface area contributed by atoms with Crippen LogP contribution in [0.3, 0.4) is 0 Å². The summed E-state index contributed by atoms with van der Waals surface area (Å²) in [5, 5.41) is 8.91. The predicted octanol–water partition coefficient (Wildman–Crippen LogP) is 5.17. The van der Waals surface area contributed by atoms with Crippen molar-refractivity contribution in [2.24, 2.45) is 5.14 Å². The minimum atomic E-state index is -4.72. The van der Waals surface area contributed by atoms with Gasteiger partial charge >= 0.3 is 6.18 Å². The first-order valence-corrected chi connectivity index (χ1v) is 10.0. The minimum Gasteiger partial charge on any atom is -0.232 e. The van der Waals surface area contributed by atoms with Gasteiger partial charge in [0.1, 0.15) is 0 Å². The molecule has 0 aliphatic heterocycles. The van der Waals surface area contributed by atoms with Gasteiger partial charge < -0.3 is 0 Å². The van der Waals surface area contributed by atoms with Gasteiger partial charge in [-0.05, 0) is 42.5 Å². The quantitative estimate of drug-likeness (QED) is 0.537. The number of hydrogen-bond acceptors (Lipinski definition) is 3. The number of rotatable bonds is 3. The molecule has 5 nitrogen and oxygen atoms in total. The molecule has 0 aliphatic rings. The van der Waals surface area contributed by atoms with Gasteiger partial charge in [0.15, 0.2) is 5.69 Å². The third-order valence-electron chi connectivity index (χ3n) is 3.70. The number of nitrogens with two attached hydrogens (primary N) is 1. The van der Waals surface area contributed by atoms with Crippen LogP contribution in [0.25, 0.3) is 16.9 Å². The molecule has 0 bridgehead atoms. The van der Waals surface area contributed by atoms with E-state index in [0.29, 0.717) is 0 Å². The van der Waals surface area contributed by atoms with Crippen molar-refractivity contribution >= 4 is 44.8 Å². The second-order valence-corrected chi connectivity index (χ2v) is 8.39. The van der Waals surface area contributed by atoms with Gasteiger partial charge in [0.05, 0.1) is 31.3 Å². The van der Waals surface area contributed by atoms with Gasteiger partial charge in [-0.15, -0.1) is 0 Å². The molecule has 0 atom stereocenters. The predicted molar refractivity (Wildman–Crippen MR) is 100 cm³/mol. The van der Waals surface area contributed by atoms with Gasteiger partial charge in [-0.2, -0.15) is 18.3 Å². The molecule has 0 saturated carbocycles. The first-order valence-electron chi connectivity index (χ1n) is 7.33. The third kappa shape index (κ3) is 4.13. The van der Waals surface area contributed by atoms with Crippen LogP contribution in [-0.2, 0) is 16.2 Å². The van der Waals surface area contributed by atoms with Crippen molar-refractivity contribution in [3.63, 3.8) is 0 Å². The number of halogens is 6. The molecule has 3 aromatic rings. The monoisotopic (exact) mass is 469 g/mol. The lowest BCUT2D eigenvalue weighted by Crippen LogP contribution is -2.12. The zero-order chi connectivity index (χ0) is 20.9. The highest BCUT2D eigenvalue weighted by atomic mass is 35.5. The standard InChI is InChI=1S/C16H9Cl3F3N3O2S/c17-11-6-13(19)12(18)5-10(11)14-7-15(16(20,21)22)24-25(14)8-1-3-9(4-2-8)28(23,26)27/h1-7H,(H2,23,26,27). The topological polar surface area (TPSA) is 78.0 Å². The Morgan fingerprint density at radius 2 is 1.50 bits per heavy atom. The summed E-state index contributed by atoms with van der Waals surface area (Å²) in [6.45, 7) is 0. The number of primary sulfonamides is 1. The third-order valence-corrected chi connectivity index (χ3v) is 5.66. The van der Waals surface area contributed by atoms with E-state index in [1.54, 1.807) is 0 Å². The molecule has 2 aromatic carbocycles. The molecule has 0 unspecified atom stereocenters. The van der Waals surface area contributed by atoms with Crippen LogP contribution in [0.1, 0.15) is 5.69 Å². The van der Waals surface area contributed by atoms with Crippen LogP contribution >= 0.6 is 34.8 Å². The summed E-state index contributed by atoms with van der Waals surface area (Å²) in [6, 6.07) is 8.26. The highest BCUT2D eigenvalue weighted by molar-refractivity contribution is 7.89. The van der Waals surface area contributed by atoms with Gasteiger partial charge in [0.25, 0.3) is 0 Å². The lowest BCUT2D eigenvalue weighted by atomic mass is 10.1. The molecule has 0 spiro atoms. The van der Waals surface area contributed by atoms with E-state index in [2.05, 4.69) is 5.10 Å². The summed E-state index contributed by atoms with van der Waals surface area (Å²) in [6.07, 6.45) is -4.72. The summed E-state index contributed by atoms with van der Waals surface area (Å²) in [7, 11) is -3.96. The Kier molecular flexibility index (Phi) is 5.41. The summed E-state index contributed by atoms with van der Waals surface area (Å²) in [5.41, 5.74) is -0.867. The van der Waals surface area contributed by atoms with E-state index in [1.807, 2.05) is 0 Å². The Balaban J connectivity index is 2.24. The Hall–Kier alpha value is -1.78. The average Bonchev–Trinajstić information content (AvgIpc) is 3.03. The Morgan fingerprint density at radius 3 is 2.04 bits per heavy atom. The lowest BCUT2D eigenvalue weighted by molar-refractivity contribution is -0.141. The van der Waals surface area contributed by atoms with Crippen LogP contribution in [0.4, 0.5) is 13.2 Å². The Bertz CT molecular complexity index is 1160. The molecule has 0 amide bonds. The van der Waals surface area contributed by atoms with Crippen molar-refractivity contribution in [1.82, 2.24) is 9.78 Å². The zero-order valence-electron chi connectivity index (χ0n) is 13.5. The van der Waals surface area contributed by atoms with E-state index in [4.69, 9.17) is 39.9 Å². The first kappa shape index (κ1) is 20.9. The van der Waals surface area contributed by atoms with E-state index in [-0.39, 0.29) is 36.9 Å². The summed E-state index contributed by atoms with van der Waals surface area (Å²) in [5.74, 6) is 0. The maximum Gasteiger partial charge on any atom is 0.435 e. The second-order valence-electron chi connectivity index (χ2n) is 5.61. The smallest absolute Gasteiger partial charge is 0.232 e. The largest absolute Gasteiger partial charge is 0.435 e. The zero-order valence-corrected chi connectivity index (χ0v) is 16.6. The fourth-order valence-corrected chi connectivity index (χ4v) is 3.56. The van der Waals surface area contributed by atoms with Crippen LogP contribution in [0.15, 0.2) is 47.4 Å². The molecule has 148 valence electrons. The van der Waals surface area contributed by atoms with Crippen molar-refractivity contribution in [3.05, 3.63) is 63.2 Å². The Labute approximate surface area is 172 Å². The molecule has 0 aliphatic carbocycles. The molecule has 0 radical (unpaired) electrons. The van der Waals surface area contributed by atoms with Crippen molar-refractivity contribution in [2.45, 2.75) is 11.1 Å². The fourth-order valence-electron chi connectivity index (χ4n) is 2.40. The molecule has 0 saturated heterocycles. The first-order chi connectivity index (χ1) is 12.9. The maximum absolute atomic E-state index is 13.2. The van der Waals surface area contributed by atoms with Crippen molar-refractivity contribution in [2.75, 3.05) is 0 Å². The lowest BCUT2D eigenvalue weighted by Gasteiger charge is -2.11. The number of aromatic nitrogens is 2. The van der Waals surface area contributed by atoms with Crippen LogP contribution in [0.2, 0.25) is 15.1 Å². The number of benzene rings is 2. The van der Waals surface area contributed by atoms with Crippen LogP contribution in [-0.4, -0.2) is 18.2 Å². The highest BCUT2D eigenvalue weighted by Gasteiger charge is 2.35. The summed E-state index contributed by atoms with van der Waals surface area (Å²) >= 11 is 18.0. The minimum absolute atomic E-state index is 0.0146. The van der Waals surface area contributed by atoms with Crippen LogP contribution < -0.4 is 5.14 Å². The second kappa shape index (κ2) is 7.23. The molecule has 2 N–H and O–H groups in total. The molecule has 1 aromatic heterocycles. The number of alkyl halides is 3. The van der Waals surface area contributed by atoms with Crippen LogP contribution in [0.5, 0.6) is 0 Å². The molecule has 1 heterocycles. The van der Waals surface area contributed by atoms with Gasteiger partial charge in [-0.3, -0.25) is 0 Å². The molecule has 28 heavy (non-hydrogen) atoms. The molecule has 3 rings (SSSR count). The number of hydrogen-bond donors (Lipinski definition) is 1. The normalized spacial score (nSPS) is 12.4. The van der Waals surface area contributed by atoms with E-state index < -0.39 is 21.9 Å². The van der Waals surface area contributed by atoms with E-state index in [1.165, 1.54) is 24.3 Å². The molecule has 12 heteroatoms. The molecule has 0 fully saturated rings. The van der Waals surface area contributed by atoms with E-state index >= 15 is 0 Å². The number of sulfonamides is 1. The Morgan fingerprint density at radius 1 is 0.929 bits per heavy atom. The van der Waals surface area contributed by atoms with Gasteiger partial charge in [-0.25, -0.2) is 18.2 Å². The average molecular weight is 471 g/mol. The van der Waals surface area contributed by atoms with E-state index in [0.717, 1.165) is 22.9 Å². The summed E-state index contributed by atoms with van der Waals surface area (Å²) in [4.78, 5) is -0.200. The van der Waals surface area contributed by atoms with Gasteiger partial charge in [-0.1, -0.05) is 34.8 Å². The van der Waals surface area contributed by atoms with Gasteiger partial charge in [0.2, 0.25) is 10.0 Å². The highest BCUT2D eigenvalue weighted by Crippen LogP contribution is 2.39. The van der Waals surface area contributed by atoms with Crippen molar-refractivity contribution in [3.8, 4) is 16.9 Å². The maximum atomic E-state index is 13.2. The van der Waals surface area contributed by atoms with Crippen molar-refractivity contribution in [1.29, 1.82) is 0 Å². The fraction of sp³-hybridized carbons (Fsp3) is 0.0625. The van der Waals surface area contributed by atoms with Crippen LogP contribution in [0, 0.1) is 0 Å². The number of nitrogens with zero attached hydrogens (tertiary/aromatic N) is 2. The van der Waals surface area contributed by atoms with E-state index in [9.17, 15) is 21.6 Å². The molecular formula is C16H9Cl3F3N3O2S. The van der Waals surface area contributed by atoms with Crippen molar-refractivity contribution < 1.29 is 21.6 Å².